The van der Waals surface area contributed by atoms with Crippen LogP contribution in [0.4, 0.5) is 0 Å². The van der Waals surface area contributed by atoms with Crippen molar-refractivity contribution in [3.8, 4) is 0 Å². The van der Waals surface area contributed by atoms with E-state index in [4.69, 9.17) is 4.74 Å². The van der Waals surface area contributed by atoms with Gasteiger partial charge in [-0.25, -0.2) is 4.79 Å². The number of hydrogen-bond acceptors (Lipinski definition) is 5. The quantitative estimate of drug-likeness (QED) is 0.742. The van der Waals surface area contributed by atoms with Crippen LogP contribution in [-0.2, 0) is 19.1 Å². The van der Waals surface area contributed by atoms with E-state index in [2.05, 4.69) is 0 Å². The largest absolute Gasteiger partial charge is 0.458 e. The molecular weight excluding hydrogens is 302 g/mol. The van der Waals surface area contributed by atoms with Crippen LogP contribution in [0.25, 0.3) is 0 Å². The summed E-state index contributed by atoms with van der Waals surface area (Å²) >= 11 is 1.15. The number of carbonyl (C=O) groups is 3. The van der Waals surface area contributed by atoms with Gasteiger partial charge in [-0.1, -0.05) is 18.7 Å². The Labute approximate surface area is 137 Å². The summed E-state index contributed by atoms with van der Waals surface area (Å²) in [5.41, 5.74) is -0.556. The van der Waals surface area contributed by atoms with E-state index in [1.54, 1.807) is 11.8 Å². The third-order valence-electron chi connectivity index (χ3n) is 3.42. The molecule has 0 aromatic rings. The molecule has 0 N–H and O–H groups in total. The van der Waals surface area contributed by atoms with E-state index in [9.17, 15) is 14.4 Å². The van der Waals surface area contributed by atoms with Gasteiger partial charge in [-0.05, 0) is 40.0 Å². The van der Waals surface area contributed by atoms with Gasteiger partial charge in [0.05, 0.1) is 0 Å². The first-order chi connectivity index (χ1) is 10.1. The molecule has 6 heteroatoms. The summed E-state index contributed by atoms with van der Waals surface area (Å²) in [6, 6.07) is -0.495. The Kier molecular flexibility index (Phi) is 6.91. The fraction of sp³-hybridized carbons (Fsp3) is 0.812. The van der Waals surface area contributed by atoms with Crippen molar-refractivity contribution in [2.24, 2.45) is 5.92 Å². The molecule has 2 atom stereocenters. The lowest BCUT2D eigenvalue weighted by Gasteiger charge is -2.37. The Morgan fingerprint density at radius 3 is 2.45 bits per heavy atom. The molecule has 0 spiro atoms. The van der Waals surface area contributed by atoms with Gasteiger partial charge in [-0.2, -0.15) is 0 Å². The Hall–Kier alpha value is -1.04. The highest BCUT2D eigenvalue weighted by Crippen LogP contribution is 2.23. The average Bonchev–Trinajstić information content (AvgIpc) is 2.42. The van der Waals surface area contributed by atoms with Crippen molar-refractivity contribution in [3.63, 3.8) is 0 Å². The van der Waals surface area contributed by atoms with Crippen molar-refractivity contribution in [2.45, 2.75) is 65.5 Å². The van der Waals surface area contributed by atoms with Crippen LogP contribution >= 0.6 is 11.8 Å². The van der Waals surface area contributed by atoms with E-state index >= 15 is 0 Å². The minimum Gasteiger partial charge on any atom is -0.458 e. The number of nitrogens with zero attached hydrogens (tertiary/aromatic N) is 1. The maximum atomic E-state index is 12.6. The van der Waals surface area contributed by atoms with Gasteiger partial charge in [-0.3, -0.25) is 9.59 Å². The lowest BCUT2D eigenvalue weighted by Crippen LogP contribution is -2.51. The normalized spacial score (nSPS) is 20.4. The second kappa shape index (κ2) is 7.99. The lowest BCUT2D eigenvalue weighted by atomic mass is 9.99. The summed E-state index contributed by atoms with van der Waals surface area (Å²) in [7, 11) is 0. The number of thioether (sulfide) groups is 1. The Morgan fingerprint density at radius 1 is 1.27 bits per heavy atom. The number of likely N-dealkylation sites (tertiary alicyclic amines) is 1. The first-order valence-electron chi connectivity index (χ1n) is 7.78. The summed E-state index contributed by atoms with van der Waals surface area (Å²) in [4.78, 5) is 37.6. The standard InChI is InChI=1S/C16H27NO4S/c1-11(10-22-12(2)18)14(19)17-9-7-6-8-13(17)15(20)21-16(3,4)5/h11,13H,6-10H2,1-5H3. The molecule has 5 nitrogen and oxygen atoms in total. The van der Waals surface area contributed by atoms with Gasteiger partial charge < -0.3 is 9.64 Å². The minimum atomic E-state index is -0.556. The number of rotatable bonds is 4. The molecule has 1 aliphatic heterocycles. The molecule has 1 rings (SSSR count). The summed E-state index contributed by atoms with van der Waals surface area (Å²) in [5.74, 6) is -0.223. The number of hydrogen-bond donors (Lipinski definition) is 0. The molecule has 2 unspecified atom stereocenters. The highest BCUT2D eigenvalue weighted by molar-refractivity contribution is 8.13. The van der Waals surface area contributed by atoms with Crippen LogP contribution in [0.1, 0.15) is 53.9 Å². The summed E-state index contributed by atoms with van der Waals surface area (Å²) in [5, 5.41) is 0.00184. The second-order valence-corrected chi connectivity index (χ2v) is 7.98. The van der Waals surface area contributed by atoms with Gasteiger partial charge in [0, 0.05) is 25.1 Å². The van der Waals surface area contributed by atoms with E-state index < -0.39 is 11.6 Å². The van der Waals surface area contributed by atoms with Crippen molar-refractivity contribution < 1.29 is 19.1 Å². The highest BCUT2D eigenvalue weighted by Gasteiger charge is 2.36. The Morgan fingerprint density at radius 2 is 1.91 bits per heavy atom. The van der Waals surface area contributed by atoms with Crippen LogP contribution in [0.15, 0.2) is 0 Å². The fourth-order valence-corrected chi connectivity index (χ4v) is 3.03. The van der Waals surface area contributed by atoms with E-state index in [0.717, 1.165) is 24.6 Å². The van der Waals surface area contributed by atoms with Gasteiger partial charge in [0.25, 0.3) is 0 Å². The zero-order valence-corrected chi connectivity index (χ0v) is 15.0. The third kappa shape index (κ3) is 5.99. The van der Waals surface area contributed by atoms with Crippen molar-refractivity contribution in [1.82, 2.24) is 4.90 Å². The third-order valence-corrected chi connectivity index (χ3v) is 4.50. The molecule has 1 heterocycles. The zero-order chi connectivity index (χ0) is 16.9. The first kappa shape index (κ1) is 19.0. The first-order valence-corrected chi connectivity index (χ1v) is 8.77. The monoisotopic (exact) mass is 329 g/mol. The number of piperidine rings is 1. The highest BCUT2D eigenvalue weighted by atomic mass is 32.2. The van der Waals surface area contributed by atoms with Crippen LogP contribution in [0.5, 0.6) is 0 Å². The van der Waals surface area contributed by atoms with E-state index in [1.165, 1.54) is 6.92 Å². The summed E-state index contributed by atoms with van der Waals surface area (Å²) < 4.78 is 5.44. The minimum absolute atomic E-state index is 0.00184. The summed E-state index contributed by atoms with van der Waals surface area (Å²) in [6.07, 6.45) is 2.47. The molecule has 1 saturated heterocycles. The predicted molar refractivity (Wildman–Crippen MR) is 87.5 cm³/mol. The van der Waals surface area contributed by atoms with Crippen LogP contribution in [0.2, 0.25) is 0 Å². The number of carbonyl (C=O) groups excluding carboxylic acids is 3. The topological polar surface area (TPSA) is 63.7 Å². The predicted octanol–water partition coefficient (Wildman–Crippen LogP) is 2.63. The fourth-order valence-electron chi connectivity index (χ4n) is 2.41. The molecule has 1 fully saturated rings. The van der Waals surface area contributed by atoms with Crippen LogP contribution in [-0.4, -0.2) is 45.8 Å². The molecule has 1 aliphatic rings. The van der Waals surface area contributed by atoms with Gasteiger partial charge in [0.15, 0.2) is 5.12 Å². The Balaban J connectivity index is 2.73. The molecule has 0 radical (unpaired) electrons. The van der Waals surface area contributed by atoms with Gasteiger partial charge >= 0.3 is 5.97 Å². The van der Waals surface area contributed by atoms with Gasteiger partial charge in [0.1, 0.15) is 11.6 Å². The Bertz CT molecular complexity index is 430. The van der Waals surface area contributed by atoms with Gasteiger partial charge in [0.2, 0.25) is 5.91 Å². The van der Waals surface area contributed by atoms with Crippen LogP contribution in [0, 0.1) is 5.92 Å². The van der Waals surface area contributed by atoms with E-state index in [0.29, 0.717) is 18.7 Å². The van der Waals surface area contributed by atoms with E-state index in [-0.39, 0.29) is 22.9 Å². The maximum Gasteiger partial charge on any atom is 0.329 e. The van der Waals surface area contributed by atoms with Crippen molar-refractivity contribution in [1.29, 1.82) is 0 Å². The van der Waals surface area contributed by atoms with Crippen molar-refractivity contribution in [2.75, 3.05) is 12.3 Å². The van der Waals surface area contributed by atoms with E-state index in [1.807, 2.05) is 20.8 Å². The number of esters is 1. The van der Waals surface area contributed by atoms with Crippen LogP contribution < -0.4 is 0 Å². The SMILES string of the molecule is CC(=O)SCC(C)C(=O)N1CCCCC1C(=O)OC(C)(C)C. The average molecular weight is 329 g/mol. The molecule has 0 bridgehead atoms. The van der Waals surface area contributed by atoms with Gasteiger partial charge in [-0.15, -0.1) is 0 Å². The molecule has 0 aromatic carbocycles. The van der Waals surface area contributed by atoms with Crippen LogP contribution in [0.3, 0.4) is 0 Å². The lowest BCUT2D eigenvalue weighted by molar-refractivity contribution is -0.167. The maximum absolute atomic E-state index is 12.6. The molecule has 1 amide bonds. The molecule has 22 heavy (non-hydrogen) atoms. The van der Waals surface area contributed by atoms with Crippen molar-refractivity contribution >= 4 is 28.8 Å². The number of amides is 1. The second-order valence-electron chi connectivity index (χ2n) is 6.78. The molecule has 126 valence electrons. The molecule has 0 aliphatic carbocycles. The van der Waals surface area contributed by atoms with Crippen molar-refractivity contribution in [3.05, 3.63) is 0 Å². The smallest absolute Gasteiger partial charge is 0.329 e. The summed E-state index contributed by atoms with van der Waals surface area (Å²) in [6.45, 7) is 9.35. The molecule has 0 aromatic heterocycles. The number of ether oxygens (including phenoxy) is 1. The zero-order valence-electron chi connectivity index (χ0n) is 14.2. The molecular formula is C16H27NO4S. The molecule has 0 saturated carbocycles.